The van der Waals surface area contributed by atoms with Gasteiger partial charge in [-0.2, -0.15) is 0 Å². The summed E-state index contributed by atoms with van der Waals surface area (Å²) in [5, 5.41) is 0. The third kappa shape index (κ3) is 4.08. The summed E-state index contributed by atoms with van der Waals surface area (Å²) in [5.41, 5.74) is 3.29. The molecule has 0 bridgehead atoms. The highest BCUT2D eigenvalue weighted by Crippen LogP contribution is 2.33. The highest BCUT2D eigenvalue weighted by molar-refractivity contribution is 7.92. The van der Waals surface area contributed by atoms with E-state index in [1.54, 1.807) is 60.5 Å². The Bertz CT molecular complexity index is 1220. The van der Waals surface area contributed by atoms with Gasteiger partial charge in [-0.05, 0) is 68.3 Å². The van der Waals surface area contributed by atoms with Crippen LogP contribution in [0.5, 0.6) is 5.75 Å². The Labute approximate surface area is 189 Å². The second kappa shape index (κ2) is 8.67. The molecule has 6 nitrogen and oxygen atoms in total. The van der Waals surface area contributed by atoms with Crippen molar-refractivity contribution in [1.29, 1.82) is 0 Å². The Morgan fingerprint density at radius 2 is 1.69 bits per heavy atom. The predicted octanol–water partition coefficient (Wildman–Crippen LogP) is 4.18. The van der Waals surface area contributed by atoms with Gasteiger partial charge in [0.25, 0.3) is 10.0 Å². The van der Waals surface area contributed by atoms with Crippen molar-refractivity contribution in [3.63, 3.8) is 0 Å². The van der Waals surface area contributed by atoms with Crippen molar-refractivity contribution in [2.45, 2.75) is 31.2 Å². The smallest absolute Gasteiger partial charge is 0.264 e. The van der Waals surface area contributed by atoms with Crippen LogP contribution in [0.15, 0.2) is 77.7 Å². The normalized spacial score (nSPS) is 15.3. The van der Waals surface area contributed by atoms with E-state index in [9.17, 15) is 13.2 Å². The lowest BCUT2D eigenvalue weighted by molar-refractivity contribution is -0.117. The molecule has 0 aliphatic carbocycles. The average Bonchev–Trinajstić information content (AvgIpc) is 3.13. The predicted molar refractivity (Wildman–Crippen MR) is 126 cm³/mol. The van der Waals surface area contributed by atoms with Crippen LogP contribution in [0.4, 0.5) is 11.4 Å². The number of sulfonamides is 1. The Morgan fingerprint density at radius 3 is 2.34 bits per heavy atom. The van der Waals surface area contributed by atoms with Crippen molar-refractivity contribution in [1.82, 2.24) is 0 Å². The fourth-order valence-electron chi connectivity index (χ4n) is 4.05. The molecular weight excluding hydrogens is 424 g/mol. The summed E-state index contributed by atoms with van der Waals surface area (Å²) in [5.74, 6) is 0.337. The minimum absolute atomic E-state index is 0.0419. The lowest BCUT2D eigenvalue weighted by Crippen LogP contribution is -2.45. The van der Waals surface area contributed by atoms with Gasteiger partial charge >= 0.3 is 0 Å². The maximum absolute atomic E-state index is 13.6. The quantitative estimate of drug-likeness (QED) is 0.565. The zero-order chi connectivity index (χ0) is 22.9. The number of carbonyl (C=O) groups excluding carboxylic acids is 1. The lowest BCUT2D eigenvalue weighted by Gasteiger charge is -2.29. The van der Waals surface area contributed by atoms with Gasteiger partial charge in [0.2, 0.25) is 5.91 Å². The highest BCUT2D eigenvalue weighted by Gasteiger charge is 2.34. The van der Waals surface area contributed by atoms with Gasteiger partial charge in [0, 0.05) is 11.7 Å². The minimum atomic E-state index is -3.96. The molecule has 3 aromatic carbocycles. The van der Waals surface area contributed by atoms with E-state index in [1.807, 2.05) is 38.1 Å². The van der Waals surface area contributed by atoms with Gasteiger partial charge in [-0.15, -0.1) is 0 Å². The van der Waals surface area contributed by atoms with E-state index < -0.39 is 10.0 Å². The number of carbonyl (C=O) groups is 1. The molecule has 0 aromatic heterocycles. The summed E-state index contributed by atoms with van der Waals surface area (Å²) in [7, 11) is -2.42. The average molecular weight is 451 g/mol. The third-order valence-electron chi connectivity index (χ3n) is 5.72. The number of methoxy groups -OCH3 is 1. The first-order valence-electron chi connectivity index (χ1n) is 10.4. The number of fused-ring (bicyclic) bond motifs is 1. The molecule has 1 atom stereocenters. The standard InChI is InChI=1S/C25H26N2O4S/c1-18-8-14-23(15-9-18)32(29,30)26(21-10-12-22(31-3)13-11-21)17-25(28)27-19(2)16-20-6-4-5-7-24(20)27/h4-15,19H,16-17H2,1-3H3/t19-/m0/s1. The zero-order valence-corrected chi connectivity index (χ0v) is 19.2. The Balaban J connectivity index is 1.72. The Hall–Kier alpha value is -3.32. The zero-order valence-electron chi connectivity index (χ0n) is 18.4. The van der Waals surface area contributed by atoms with Crippen molar-refractivity contribution < 1.29 is 17.9 Å². The van der Waals surface area contributed by atoms with Crippen LogP contribution in [0.2, 0.25) is 0 Å². The summed E-state index contributed by atoms with van der Waals surface area (Å²) in [6.45, 7) is 3.57. The van der Waals surface area contributed by atoms with Crippen LogP contribution in [0.25, 0.3) is 0 Å². The van der Waals surface area contributed by atoms with Gasteiger partial charge in [0.15, 0.2) is 0 Å². The van der Waals surface area contributed by atoms with Crippen LogP contribution in [0, 0.1) is 6.92 Å². The molecule has 3 aromatic rings. The number of hydrogen-bond acceptors (Lipinski definition) is 4. The van der Waals surface area contributed by atoms with E-state index in [-0.39, 0.29) is 23.4 Å². The highest BCUT2D eigenvalue weighted by atomic mass is 32.2. The van der Waals surface area contributed by atoms with Gasteiger partial charge in [0.05, 0.1) is 17.7 Å². The number of hydrogen-bond donors (Lipinski definition) is 0. The Morgan fingerprint density at radius 1 is 1.03 bits per heavy atom. The number of amides is 1. The van der Waals surface area contributed by atoms with E-state index in [1.165, 1.54) is 4.31 Å². The van der Waals surface area contributed by atoms with Gasteiger partial charge in [-0.3, -0.25) is 9.10 Å². The monoisotopic (exact) mass is 450 g/mol. The van der Waals surface area contributed by atoms with E-state index in [0.29, 0.717) is 11.4 Å². The van der Waals surface area contributed by atoms with Crippen LogP contribution in [0.1, 0.15) is 18.1 Å². The fourth-order valence-corrected chi connectivity index (χ4v) is 5.46. The number of benzene rings is 3. The first-order valence-corrected chi connectivity index (χ1v) is 11.9. The van der Waals surface area contributed by atoms with Crippen molar-refractivity contribution >= 4 is 27.3 Å². The van der Waals surface area contributed by atoms with Crippen LogP contribution >= 0.6 is 0 Å². The molecule has 0 unspecified atom stereocenters. The van der Waals surface area contributed by atoms with E-state index in [0.717, 1.165) is 23.2 Å². The van der Waals surface area contributed by atoms with Crippen LogP contribution in [0.3, 0.4) is 0 Å². The number of para-hydroxylation sites is 1. The summed E-state index contributed by atoms with van der Waals surface area (Å²) in [6.07, 6.45) is 0.745. The second-order valence-corrected chi connectivity index (χ2v) is 9.83. The molecule has 7 heteroatoms. The molecule has 1 aliphatic rings. The van der Waals surface area contributed by atoms with Crippen LogP contribution in [-0.2, 0) is 21.2 Å². The summed E-state index contributed by atoms with van der Waals surface area (Å²) in [4.78, 5) is 15.3. The SMILES string of the molecule is COc1ccc(N(CC(=O)N2c3ccccc3C[C@@H]2C)S(=O)(=O)c2ccc(C)cc2)cc1. The molecule has 0 fully saturated rings. The molecule has 0 N–H and O–H groups in total. The van der Waals surface area contributed by atoms with Crippen molar-refractivity contribution in [3.05, 3.63) is 83.9 Å². The first-order chi connectivity index (χ1) is 15.3. The van der Waals surface area contributed by atoms with E-state index >= 15 is 0 Å². The first kappa shape index (κ1) is 21.9. The van der Waals surface area contributed by atoms with E-state index in [4.69, 9.17) is 4.74 Å². The number of aryl methyl sites for hydroxylation is 1. The minimum Gasteiger partial charge on any atom is -0.497 e. The van der Waals surface area contributed by atoms with Crippen molar-refractivity contribution in [2.75, 3.05) is 22.9 Å². The number of nitrogens with zero attached hydrogens (tertiary/aromatic N) is 2. The van der Waals surface area contributed by atoms with Gasteiger partial charge in [-0.1, -0.05) is 35.9 Å². The Kier molecular flexibility index (Phi) is 5.93. The molecule has 1 aliphatic heterocycles. The number of anilines is 2. The largest absolute Gasteiger partial charge is 0.497 e. The summed E-state index contributed by atoms with van der Waals surface area (Å²) < 4.78 is 33.6. The fraction of sp³-hybridized carbons (Fsp3) is 0.240. The topological polar surface area (TPSA) is 66.9 Å². The maximum Gasteiger partial charge on any atom is 0.264 e. The number of rotatable bonds is 6. The molecular formula is C25H26N2O4S. The molecule has 32 heavy (non-hydrogen) atoms. The number of ether oxygens (including phenoxy) is 1. The van der Waals surface area contributed by atoms with Gasteiger partial charge in [0.1, 0.15) is 12.3 Å². The molecule has 0 saturated carbocycles. The molecule has 0 spiro atoms. The molecule has 166 valence electrons. The lowest BCUT2D eigenvalue weighted by atomic mass is 10.1. The van der Waals surface area contributed by atoms with Crippen LogP contribution in [-0.4, -0.2) is 34.0 Å². The van der Waals surface area contributed by atoms with Gasteiger partial charge in [-0.25, -0.2) is 8.42 Å². The summed E-state index contributed by atoms with van der Waals surface area (Å²) >= 11 is 0. The van der Waals surface area contributed by atoms with Crippen molar-refractivity contribution in [3.8, 4) is 5.75 Å². The molecule has 0 radical (unpaired) electrons. The third-order valence-corrected chi connectivity index (χ3v) is 7.51. The van der Waals surface area contributed by atoms with Crippen molar-refractivity contribution in [2.24, 2.45) is 0 Å². The molecule has 0 saturated heterocycles. The molecule has 1 heterocycles. The molecule has 4 rings (SSSR count). The van der Waals surface area contributed by atoms with Crippen LogP contribution < -0.4 is 13.9 Å². The van der Waals surface area contributed by atoms with E-state index in [2.05, 4.69) is 0 Å². The summed E-state index contributed by atoms with van der Waals surface area (Å²) in [6, 6.07) is 21.0. The van der Waals surface area contributed by atoms with Gasteiger partial charge < -0.3 is 9.64 Å². The second-order valence-electron chi connectivity index (χ2n) is 7.97. The molecule has 1 amide bonds. The maximum atomic E-state index is 13.6.